The van der Waals surface area contributed by atoms with Crippen molar-refractivity contribution < 1.29 is 17.4 Å². The van der Waals surface area contributed by atoms with E-state index in [4.69, 9.17) is 0 Å². The summed E-state index contributed by atoms with van der Waals surface area (Å²) in [6.07, 6.45) is 0. The molecule has 0 rings (SSSR count). The molecule has 0 aliphatic rings. The minimum atomic E-state index is -1.41. The van der Waals surface area contributed by atoms with Gasteiger partial charge in [0.25, 0.3) is 0 Å². The zero-order valence-electron chi connectivity index (χ0n) is 51.5. The minimum Gasteiger partial charge on any atom is -0.324 e. The Balaban J connectivity index is -0.000000419. The molecular weight excluding hydrogens is 905 g/mol. The van der Waals surface area contributed by atoms with Gasteiger partial charge in [-0.2, -0.15) is 0 Å². The molecule has 0 unspecified atom stereocenters. The quantitative estimate of drug-likeness (QED) is 0.0668. The Labute approximate surface area is 428 Å². The average Bonchev–Trinajstić information content (AvgIpc) is 3.07. The standard InChI is InChI=1S/3C19H43Si2.Cr/c3*1-14(2)20(15(3)4,16(5)6)13-21(17(7)8,18(9)10)19(11)12;/h3*13-19H,1-12H3;/q3*-1;+3. The largest absolute Gasteiger partial charge is 3.00 e. The van der Waals surface area contributed by atoms with Gasteiger partial charge in [-0.1, -0.05) is 397 Å². The molecule has 0 bridgehead atoms. The van der Waals surface area contributed by atoms with Crippen molar-refractivity contribution in [2.45, 2.75) is 349 Å². The summed E-state index contributed by atoms with van der Waals surface area (Å²) in [4.78, 5) is 0. The maximum Gasteiger partial charge on any atom is 3.00 e. The van der Waals surface area contributed by atoms with Gasteiger partial charge in [0.15, 0.2) is 0 Å². The first-order chi connectivity index (χ1) is 28.1. The van der Waals surface area contributed by atoms with Crippen LogP contribution >= 0.6 is 0 Å². The Kier molecular flexibility index (Phi) is 33.2. The van der Waals surface area contributed by atoms with Gasteiger partial charge < -0.3 is 17.0 Å². The first kappa shape index (κ1) is 72.4. The van der Waals surface area contributed by atoms with Gasteiger partial charge in [0.2, 0.25) is 0 Å². The Morgan fingerprint density at radius 2 is 0.188 bits per heavy atom. The first-order valence-corrected chi connectivity index (χ1v) is 41.6. The Hall–Kier alpha value is 1.83. The van der Waals surface area contributed by atoms with Crippen molar-refractivity contribution in [1.82, 2.24) is 0 Å². The number of rotatable bonds is 24. The molecule has 64 heavy (non-hydrogen) atoms. The third kappa shape index (κ3) is 15.4. The maximum atomic E-state index is 3.10. The molecule has 0 aliphatic carbocycles. The van der Waals surface area contributed by atoms with Crippen molar-refractivity contribution in [3.05, 3.63) is 17.0 Å². The molecule has 0 nitrogen and oxygen atoms in total. The molecule has 0 spiro atoms. The van der Waals surface area contributed by atoms with E-state index >= 15 is 0 Å². The summed E-state index contributed by atoms with van der Waals surface area (Å²) in [7, 11) is -8.49. The predicted molar refractivity (Wildman–Crippen MR) is 319 cm³/mol. The molecule has 0 saturated carbocycles. The van der Waals surface area contributed by atoms with Crippen LogP contribution in [0.2, 0.25) is 99.7 Å². The van der Waals surface area contributed by atoms with Crippen molar-refractivity contribution in [1.29, 1.82) is 0 Å². The van der Waals surface area contributed by atoms with E-state index in [1.165, 1.54) is 0 Å². The molecule has 0 fully saturated rings. The summed E-state index contributed by atoms with van der Waals surface area (Å²) in [5, 5.41) is 0. The maximum absolute atomic E-state index is 3.10. The van der Waals surface area contributed by atoms with Gasteiger partial charge in [-0.3, -0.25) is 0 Å². The fourth-order valence-corrected chi connectivity index (χ4v) is 74.7. The second-order valence-electron chi connectivity index (χ2n) is 27.2. The van der Waals surface area contributed by atoms with Crippen LogP contribution in [-0.2, 0) is 17.4 Å². The summed E-state index contributed by atoms with van der Waals surface area (Å²) in [5.74, 6) is 0. The van der Waals surface area contributed by atoms with Gasteiger partial charge in [-0.05, 0) is 0 Å². The van der Waals surface area contributed by atoms with Crippen LogP contribution in [0.4, 0.5) is 0 Å². The van der Waals surface area contributed by atoms with E-state index < -0.39 is 48.4 Å². The SMILES string of the molecule is CC(C)[Si]([CH-][Si](C(C)C)(C(C)C)C(C)C)(C(C)C)C(C)C.CC(C)[Si]([CH-][Si](C(C)C)(C(C)C)C(C)C)(C(C)C)C(C)C.CC(C)[Si]([CH-][Si](C(C)C)(C(C)C)C(C)C)(C(C)C)C(C)C.[Cr+3]. The van der Waals surface area contributed by atoms with Gasteiger partial charge in [0.1, 0.15) is 0 Å². The second-order valence-corrected chi connectivity index (χ2v) is 63.5. The molecule has 0 aromatic heterocycles. The third-order valence-electron chi connectivity index (χ3n) is 19.5. The summed E-state index contributed by atoms with van der Waals surface area (Å²) in [6.45, 7) is 90.1. The molecule has 387 valence electrons. The van der Waals surface area contributed by atoms with Crippen LogP contribution in [0.15, 0.2) is 0 Å². The fraction of sp³-hybridized carbons (Fsp3) is 0.947. The monoisotopic (exact) mass is 1030 g/mol. The zero-order valence-corrected chi connectivity index (χ0v) is 58.8. The number of hydrogen-bond acceptors (Lipinski definition) is 0. The molecule has 0 aliphatic heterocycles. The van der Waals surface area contributed by atoms with Crippen molar-refractivity contribution in [3.63, 3.8) is 0 Å². The van der Waals surface area contributed by atoms with Gasteiger partial charge >= 0.3 is 17.4 Å². The van der Waals surface area contributed by atoms with E-state index in [-0.39, 0.29) is 17.4 Å². The molecule has 0 saturated heterocycles. The van der Waals surface area contributed by atoms with Gasteiger partial charge in [-0.15, -0.1) is 0 Å². The van der Waals surface area contributed by atoms with E-state index in [0.29, 0.717) is 0 Å². The predicted octanol–water partition coefficient (Wildman–Crippen LogP) is 22.9. The summed E-state index contributed by atoms with van der Waals surface area (Å²) < 4.78 is 0. The van der Waals surface area contributed by atoms with Crippen molar-refractivity contribution >= 4 is 48.4 Å². The normalized spacial score (nSPS) is 14.3. The van der Waals surface area contributed by atoms with E-state index in [0.717, 1.165) is 99.7 Å². The molecular formula is C57H129CrSi6. The average molecular weight is 1040 g/mol. The van der Waals surface area contributed by atoms with Crippen LogP contribution in [0.5, 0.6) is 0 Å². The second kappa shape index (κ2) is 29.4. The summed E-state index contributed by atoms with van der Waals surface area (Å²) >= 11 is 0. The fourth-order valence-electron chi connectivity index (χ4n) is 16.3. The van der Waals surface area contributed by atoms with E-state index in [9.17, 15) is 0 Å². The summed E-state index contributed by atoms with van der Waals surface area (Å²) in [6, 6.07) is 0. The molecule has 0 heterocycles. The van der Waals surface area contributed by atoms with Crippen LogP contribution < -0.4 is 0 Å². The van der Waals surface area contributed by atoms with Crippen molar-refractivity contribution in [2.75, 3.05) is 0 Å². The van der Waals surface area contributed by atoms with Gasteiger partial charge in [0.05, 0.1) is 0 Å². The van der Waals surface area contributed by atoms with Crippen LogP contribution in [0.3, 0.4) is 0 Å². The molecule has 0 aromatic carbocycles. The Morgan fingerprint density at radius 1 is 0.141 bits per heavy atom. The van der Waals surface area contributed by atoms with Gasteiger partial charge in [0, 0.05) is 0 Å². The van der Waals surface area contributed by atoms with Crippen LogP contribution in [0.25, 0.3) is 0 Å². The van der Waals surface area contributed by atoms with Crippen molar-refractivity contribution in [3.8, 4) is 0 Å². The Bertz CT molecular complexity index is 836. The zero-order chi connectivity index (χ0) is 51.5. The molecule has 0 aromatic rings. The van der Waals surface area contributed by atoms with E-state index in [2.05, 4.69) is 266 Å². The Morgan fingerprint density at radius 3 is 0.219 bits per heavy atom. The molecule has 0 amide bonds. The van der Waals surface area contributed by atoms with E-state index in [1.807, 2.05) is 0 Å². The molecule has 1 radical (unpaired) electrons. The first-order valence-electron chi connectivity index (χ1n) is 27.7. The van der Waals surface area contributed by atoms with E-state index in [1.54, 1.807) is 0 Å². The van der Waals surface area contributed by atoms with Gasteiger partial charge in [-0.25, -0.2) is 0 Å². The minimum absolute atomic E-state index is 0. The number of hydrogen-bond donors (Lipinski definition) is 0. The molecule has 7 heteroatoms. The van der Waals surface area contributed by atoms with Crippen molar-refractivity contribution in [2.24, 2.45) is 0 Å². The summed E-state index contributed by atoms with van der Waals surface area (Å²) in [5.41, 5.74) is 24.6. The third-order valence-corrected chi connectivity index (χ3v) is 67.5. The smallest absolute Gasteiger partial charge is 0.324 e. The van der Waals surface area contributed by atoms with Crippen LogP contribution in [0.1, 0.15) is 249 Å². The topological polar surface area (TPSA) is 0 Å². The molecule has 0 atom stereocenters. The van der Waals surface area contributed by atoms with Crippen LogP contribution in [-0.4, -0.2) is 48.4 Å². The van der Waals surface area contributed by atoms with Crippen LogP contribution in [0, 0.1) is 17.0 Å². The molecule has 0 N–H and O–H groups in total.